The number of carbonyl (C=O) groups is 1. The predicted octanol–water partition coefficient (Wildman–Crippen LogP) is 3.06. The highest BCUT2D eigenvalue weighted by Gasteiger charge is 2.13. The van der Waals surface area contributed by atoms with Gasteiger partial charge in [-0.25, -0.2) is 4.98 Å². The van der Waals surface area contributed by atoms with E-state index in [2.05, 4.69) is 23.2 Å². The summed E-state index contributed by atoms with van der Waals surface area (Å²) in [7, 11) is 0. The predicted molar refractivity (Wildman–Crippen MR) is 68.6 cm³/mol. The van der Waals surface area contributed by atoms with Crippen LogP contribution in [0.4, 0.5) is 0 Å². The monoisotopic (exact) mass is 243 g/mol. The Morgan fingerprint density at radius 1 is 1.29 bits per heavy atom. The molecule has 1 aliphatic rings. The number of thiazole rings is 1. The van der Waals surface area contributed by atoms with Crippen molar-refractivity contribution in [2.75, 3.05) is 0 Å². The smallest absolute Gasteiger partial charge is 0.186 e. The highest BCUT2D eigenvalue weighted by atomic mass is 32.1. The lowest BCUT2D eigenvalue weighted by Gasteiger charge is -2.03. The summed E-state index contributed by atoms with van der Waals surface area (Å²) in [5.74, 6) is 0.115. The number of nitrogens with zero attached hydrogens (tertiary/aromatic N) is 1. The van der Waals surface area contributed by atoms with Crippen LogP contribution >= 0.6 is 11.3 Å². The van der Waals surface area contributed by atoms with Crippen molar-refractivity contribution in [1.82, 2.24) is 4.98 Å². The standard InChI is InChI=1S/C14H13NOS/c16-14(13-8-17-9-15-13)7-10-4-5-11-2-1-3-12(11)6-10/h4-6,8-9H,1-3,7H2. The van der Waals surface area contributed by atoms with Gasteiger partial charge in [0.15, 0.2) is 5.78 Å². The van der Waals surface area contributed by atoms with Crippen molar-refractivity contribution in [2.24, 2.45) is 0 Å². The topological polar surface area (TPSA) is 30.0 Å². The third-order valence-corrected chi connectivity index (χ3v) is 3.83. The summed E-state index contributed by atoms with van der Waals surface area (Å²) >= 11 is 1.47. The average molecular weight is 243 g/mol. The Morgan fingerprint density at radius 2 is 2.18 bits per heavy atom. The van der Waals surface area contributed by atoms with Gasteiger partial charge in [-0.05, 0) is 36.0 Å². The summed E-state index contributed by atoms with van der Waals surface area (Å²) in [6.07, 6.45) is 4.07. The van der Waals surface area contributed by atoms with E-state index in [1.165, 1.54) is 35.3 Å². The molecule has 86 valence electrons. The number of Topliss-reactive ketones (excluding diaryl/α,β-unsaturated/α-hetero) is 1. The SMILES string of the molecule is O=C(Cc1ccc2c(c1)CCC2)c1cscn1. The maximum absolute atomic E-state index is 11.9. The molecule has 0 radical (unpaired) electrons. The Kier molecular flexibility index (Phi) is 2.77. The molecular formula is C14H13NOS. The molecule has 1 aromatic carbocycles. The molecule has 17 heavy (non-hydrogen) atoms. The van der Waals surface area contributed by atoms with E-state index in [9.17, 15) is 4.79 Å². The zero-order valence-corrected chi connectivity index (χ0v) is 10.3. The summed E-state index contributed by atoms with van der Waals surface area (Å²) in [6.45, 7) is 0. The Morgan fingerprint density at radius 3 is 3.00 bits per heavy atom. The summed E-state index contributed by atoms with van der Waals surface area (Å²) < 4.78 is 0. The number of hydrogen-bond donors (Lipinski definition) is 0. The first kappa shape index (κ1) is 10.7. The minimum atomic E-state index is 0.115. The zero-order valence-electron chi connectivity index (χ0n) is 9.48. The van der Waals surface area contributed by atoms with Crippen LogP contribution in [0.2, 0.25) is 0 Å². The van der Waals surface area contributed by atoms with Gasteiger partial charge in [-0.15, -0.1) is 11.3 Å². The van der Waals surface area contributed by atoms with Gasteiger partial charge in [-0.2, -0.15) is 0 Å². The molecule has 0 fully saturated rings. The van der Waals surface area contributed by atoms with Crippen LogP contribution in [0.15, 0.2) is 29.1 Å². The molecule has 2 aromatic rings. The van der Waals surface area contributed by atoms with Crippen molar-refractivity contribution in [3.63, 3.8) is 0 Å². The van der Waals surface area contributed by atoms with Gasteiger partial charge >= 0.3 is 0 Å². The molecule has 1 aliphatic carbocycles. The Balaban J connectivity index is 1.80. The molecule has 0 bridgehead atoms. The molecular weight excluding hydrogens is 230 g/mol. The number of benzene rings is 1. The Bertz CT molecular complexity index is 545. The summed E-state index contributed by atoms with van der Waals surface area (Å²) in [4.78, 5) is 16.0. The van der Waals surface area contributed by atoms with Crippen LogP contribution in [-0.2, 0) is 19.3 Å². The van der Waals surface area contributed by atoms with Gasteiger partial charge in [0.1, 0.15) is 5.69 Å². The molecule has 1 heterocycles. The lowest BCUT2D eigenvalue weighted by molar-refractivity contribution is 0.0989. The highest BCUT2D eigenvalue weighted by Crippen LogP contribution is 2.23. The second-order valence-electron chi connectivity index (χ2n) is 4.43. The fraction of sp³-hybridized carbons (Fsp3) is 0.286. The maximum atomic E-state index is 11.9. The van der Waals surface area contributed by atoms with Crippen LogP contribution in [-0.4, -0.2) is 10.8 Å². The molecule has 0 saturated heterocycles. The van der Waals surface area contributed by atoms with Gasteiger partial charge in [0.25, 0.3) is 0 Å². The molecule has 0 atom stereocenters. The Hall–Kier alpha value is -1.48. The molecule has 0 N–H and O–H groups in total. The van der Waals surface area contributed by atoms with E-state index in [0.717, 1.165) is 12.0 Å². The third-order valence-electron chi connectivity index (χ3n) is 3.25. The van der Waals surface area contributed by atoms with Crippen molar-refractivity contribution in [3.8, 4) is 0 Å². The average Bonchev–Trinajstić information content (AvgIpc) is 2.99. The van der Waals surface area contributed by atoms with Crippen molar-refractivity contribution < 1.29 is 4.79 Å². The van der Waals surface area contributed by atoms with Gasteiger partial charge in [0.2, 0.25) is 0 Å². The van der Waals surface area contributed by atoms with Crippen LogP contribution in [0, 0.1) is 0 Å². The van der Waals surface area contributed by atoms with Crippen LogP contribution in [0.5, 0.6) is 0 Å². The molecule has 3 rings (SSSR count). The van der Waals surface area contributed by atoms with Gasteiger partial charge in [0.05, 0.1) is 5.51 Å². The van der Waals surface area contributed by atoms with E-state index in [4.69, 9.17) is 0 Å². The summed E-state index contributed by atoms with van der Waals surface area (Å²) in [5, 5.41) is 1.82. The number of fused-ring (bicyclic) bond motifs is 1. The normalized spacial score (nSPS) is 13.6. The van der Waals surface area contributed by atoms with Crippen LogP contribution in [0.1, 0.15) is 33.6 Å². The molecule has 0 saturated carbocycles. The lowest BCUT2D eigenvalue weighted by atomic mass is 10.0. The van der Waals surface area contributed by atoms with Crippen molar-refractivity contribution in [2.45, 2.75) is 25.7 Å². The summed E-state index contributed by atoms with van der Waals surface area (Å²) in [5.41, 5.74) is 6.29. The summed E-state index contributed by atoms with van der Waals surface area (Å²) in [6, 6.07) is 6.44. The number of aromatic nitrogens is 1. The first-order valence-corrected chi connectivity index (χ1v) is 6.79. The number of ketones is 1. The number of aryl methyl sites for hydroxylation is 2. The van der Waals surface area contributed by atoms with Crippen LogP contribution < -0.4 is 0 Å². The minimum absolute atomic E-state index is 0.115. The van der Waals surface area contributed by atoms with Gasteiger partial charge in [-0.1, -0.05) is 18.2 Å². The molecule has 0 spiro atoms. The largest absolute Gasteiger partial charge is 0.292 e. The second-order valence-corrected chi connectivity index (χ2v) is 5.15. The fourth-order valence-electron chi connectivity index (χ4n) is 2.36. The van der Waals surface area contributed by atoms with E-state index in [1.807, 2.05) is 5.38 Å². The van der Waals surface area contributed by atoms with Crippen molar-refractivity contribution in [3.05, 3.63) is 51.5 Å². The van der Waals surface area contributed by atoms with E-state index < -0.39 is 0 Å². The maximum Gasteiger partial charge on any atom is 0.186 e. The van der Waals surface area contributed by atoms with Crippen molar-refractivity contribution >= 4 is 17.1 Å². The highest BCUT2D eigenvalue weighted by molar-refractivity contribution is 7.07. The van der Waals surface area contributed by atoms with Gasteiger partial charge in [-0.3, -0.25) is 4.79 Å². The molecule has 3 heteroatoms. The molecule has 0 aliphatic heterocycles. The molecule has 0 amide bonds. The van der Waals surface area contributed by atoms with E-state index in [-0.39, 0.29) is 5.78 Å². The van der Waals surface area contributed by atoms with Crippen molar-refractivity contribution in [1.29, 1.82) is 0 Å². The number of carbonyl (C=O) groups excluding carboxylic acids is 1. The van der Waals surface area contributed by atoms with Gasteiger partial charge < -0.3 is 0 Å². The minimum Gasteiger partial charge on any atom is -0.292 e. The van der Waals surface area contributed by atoms with Gasteiger partial charge in [0, 0.05) is 11.8 Å². The molecule has 0 unspecified atom stereocenters. The van der Waals surface area contributed by atoms with E-state index in [1.54, 1.807) is 5.51 Å². The molecule has 2 nitrogen and oxygen atoms in total. The first-order chi connectivity index (χ1) is 8.33. The number of rotatable bonds is 3. The molecule has 1 aromatic heterocycles. The van der Waals surface area contributed by atoms with Crippen LogP contribution in [0.25, 0.3) is 0 Å². The third kappa shape index (κ3) is 2.15. The number of hydrogen-bond acceptors (Lipinski definition) is 3. The lowest BCUT2D eigenvalue weighted by Crippen LogP contribution is -2.04. The quantitative estimate of drug-likeness (QED) is 0.775. The zero-order chi connectivity index (χ0) is 11.7. The second kappa shape index (κ2) is 4.41. The first-order valence-electron chi connectivity index (χ1n) is 5.85. The van der Waals surface area contributed by atoms with Crippen LogP contribution in [0.3, 0.4) is 0 Å². The van der Waals surface area contributed by atoms with E-state index >= 15 is 0 Å². The fourth-order valence-corrected chi connectivity index (χ4v) is 2.92. The Labute approximate surface area is 104 Å². The van der Waals surface area contributed by atoms with E-state index in [0.29, 0.717) is 12.1 Å².